The number of nitrogens with one attached hydrogen (secondary N) is 3. The molecule has 10 heteroatoms. The SMILES string of the molecule is c1ccn2nc(Nc3cc(-c4nc(CNC5CCNCC5)c5c(C6CC6)cncc5n4)ccn3)nc2c1. The monoisotopic (exact) mass is 492 g/mol. The van der Waals surface area contributed by atoms with Gasteiger partial charge in [0.2, 0.25) is 5.95 Å². The number of hydrogen-bond acceptors (Lipinski definition) is 9. The molecule has 7 rings (SSSR count). The minimum atomic E-state index is 0.486. The fourth-order valence-corrected chi connectivity index (χ4v) is 5.05. The molecule has 186 valence electrons. The lowest BCUT2D eigenvalue weighted by Gasteiger charge is -2.24. The Morgan fingerprint density at radius 1 is 1.00 bits per heavy atom. The number of hydrogen-bond donors (Lipinski definition) is 3. The highest BCUT2D eigenvalue weighted by atomic mass is 15.3. The summed E-state index contributed by atoms with van der Waals surface area (Å²) in [6.45, 7) is 2.82. The van der Waals surface area contributed by atoms with E-state index in [1.807, 2.05) is 48.9 Å². The summed E-state index contributed by atoms with van der Waals surface area (Å²) in [4.78, 5) is 23.6. The summed E-state index contributed by atoms with van der Waals surface area (Å²) < 4.78 is 1.73. The van der Waals surface area contributed by atoms with Crippen LogP contribution in [0.3, 0.4) is 0 Å². The largest absolute Gasteiger partial charge is 0.317 e. The third-order valence-electron chi connectivity index (χ3n) is 7.12. The van der Waals surface area contributed by atoms with E-state index >= 15 is 0 Å². The lowest BCUT2D eigenvalue weighted by atomic mass is 10.0. The standard InChI is InChI=1S/C27H28N10/c1-2-12-37-24(3-1)35-27(36-37)34-23-13-18(6-11-30-23)26-32-21-15-29-14-20(17-4-5-17)25(21)22(33-26)16-31-19-7-9-28-10-8-19/h1-3,6,11-15,17,19,28,31H,4-5,7-10,16H2,(H,30,34,36). The van der Waals surface area contributed by atoms with Gasteiger partial charge >= 0.3 is 0 Å². The van der Waals surface area contributed by atoms with Crippen LogP contribution in [0.2, 0.25) is 0 Å². The highest BCUT2D eigenvalue weighted by Crippen LogP contribution is 2.43. The van der Waals surface area contributed by atoms with Crippen molar-refractivity contribution in [2.45, 2.75) is 44.2 Å². The molecule has 0 radical (unpaired) electrons. The van der Waals surface area contributed by atoms with Gasteiger partial charge in [-0.1, -0.05) is 6.07 Å². The molecular formula is C27H28N10. The Hall–Kier alpha value is -4.02. The van der Waals surface area contributed by atoms with Crippen molar-refractivity contribution in [3.05, 3.63) is 66.4 Å². The Balaban J connectivity index is 1.23. The van der Waals surface area contributed by atoms with Crippen LogP contribution in [-0.2, 0) is 6.54 Å². The van der Waals surface area contributed by atoms with Crippen LogP contribution in [0.1, 0.15) is 42.9 Å². The number of pyridine rings is 3. The van der Waals surface area contributed by atoms with E-state index < -0.39 is 0 Å². The van der Waals surface area contributed by atoms with Crippen molar-refractivity contribution < 1.29 is 0 Å². The van der Waals surface area contributed by atoms with Crippen molar-refractivity contribution in [1.82, 2.24) is 45.2 Å². The third kappa shape index (κ3) is 4.61. The number of aromatic nitrogens is 7. The van der Waals surface area contributed by atoms with E-state index in [4.69, 9.17) is 9.97 Å². The number of nitrogens with zero attached hydrogens (tertiary/aromatic N) is 7. The molecule has 0 bridgehead atoms. The van der Waals surface area contributed by atoms with Gasteiger partial charge in [0.25, 0.3) is 0 Å². The van der Waals surface area contributed by atoms with Crippen LogP contribution >= 0.6 is 0 Å². The van der Waals surface area contributed by atoms with E-state index in [0.29, 0.717) is 36.1 Å². The van der Waals surface area contributed by atoms with Gasteiger partial charge in [-0.3, -0.25) is 4.98 Å². The molecule has 1 saturated carbocycles. The highest BCUT2D eigenvalue weighted by molar-refractivity contribution is 5.86. The quantitative estimate of drug-likeness (QED) is 0.313. The molecule has 1 aliphatic carbocycles. The Labute approximate surface area is 214 Å². The number of anilines is 2. The summed E-state index contributed by atoms with van der Waals surface area (Å²) in [5.41, 5.74) is 4.86. The summed E-state index contributed by atoms with van der Waals surface area (Å²) >= 11 is 0. The lowest BCUT2D eigenvalue weighted by Crippen LogP contribution is -2.39. The van der Waals surface area contributed by atoms with Crippen LogP contribution in [0.15, 0.2) is 55.1 Å². The van der Waals surface area contributed by atoms with Crippen LogP contribution in [0.25, 0.3) is 27.9 Å². The molecule has 3 N–H and O–H groups in total. The second-order valence-corrected chi connectivity index (χ2v) is 9.79. The Bertz CT molecular complexity index is 1540. The van der Waals surface area contributed by atoms with Crippen molar-refractivity contribution in [2.24, 2.45) is 0 Å². The summed E-state index contributed by atoms with van der Waals surface area (Å²) in [6.07, 6.45) is 12.2. The van der Waals surface area contributed by atoms with Gasteiger partial charge < -0.3 is 16.0 Å². The molecular weight excluding hydrogens is 464 g/mol. The second kappa shape index (κ2) is 9.45. The molecule has 10 nitrogen and oxygen atoms in total. The Morgan fingerprint density at radius 2 is 1.92 bits per heavy atom. The molecule has 2 aliphatic rings. The molecule has 0 spiro atoms. The molecule has 0 amide bonds. The molecule has 5 aromatic rings. The second-order valence-electron chi connectivity index (χ2n) is 9.79. The van der Waals surface area contributed by atoms with Crippen molar-refractivity contribution in [2.75, 3.05) is 18.4 Å². The average Bonchev–Trinajstić information content (AvgIpc) is 3.71. The first-order chi connectivity index (χ1) is 18.3. The summed E-state index contributed by atoms with van der Waals surface area (Å²) in [5.74, 6) is 2.35. The topological polar surface area (TPSA) is 118 Å². The first-order valence-corrected chi connectivity index (χ1v) is 12.9. The first-order valence-electron chi connectivity index (χ1n) is 12.9. The number of piperidine rings is 1. The normalized spacial score (nSPS) is 16.4. The van der Waals surface area contributed by atoms with Crippen LogP contribution in [0.5, 0.6) is 0 Å². The predicted molar refractivity (Wildman–Crippen MR) is 142 cm³/mol. The maximum Gasteiger partial charge on any atom is 0.248 e. The van der Waals surface area contributed by atoms with Crippen LogP contribution in [0, 0.1) is 0 Å². The molecule has 0 aromatic carbocycles. The lowest BCUT2D eigenvalue weighted by molar-refractivity contribution is 0.385. The maximum absolute atomic E-state index is 5.10. The molecule has 5 aromatic heterocycles. The zero-order chi connectivity index (χ0) is 24.6. The van der Waals surface area contributed by atoms with Crippen LogP contribution in [-0.4, -0.2) is 53.7 Å². The highest BCUT2D eigenvalue weighted by Gasteiger charge is 2.28. The van der Waals surface area contributed by atoms with Gasteiger partial charge in [-0.05, 0) is 74.5 Å². The minimum absolute atomic E-state index is 0.486. The van der Waals surface area contributed by atoms with Crippen molar-refractivity contribution >= 4 is 28.3 Å². The summed E-state index contributed by atoms with van der Waals surface area (Å²) in [5, 5.41) is 16.0. The third-order valence-corrected chi connectivity index (χ3v) is 7.12. The van der Waals surface area contributed by atoms with Gasteiger partial charge in [-0.2, -0.15) is 4.98 Å². The molecule has 6 heterocycles. The number of fused-ring (bicyclic) bond motifs is 2. The van der Waals surface area contributed by atoms with Gasteiger partial charge in [-0.25, -0.2) is 19.5 Å². The molecule has 37 heavy (non-hydrogen) atoms. The Kier molecular flexibility index (Phi) is 5.67. The minimum Gasteiger partial charge on any atom is -0.317 e. The van der Waals surface area contributed by atoms with E-state index in [2.05, 4.69) is 36.0 Å². The zero-order valence-electron chi connectivity index (χ0n) is 20.4. The predicted octanol–water partition coefficient (Wildman–Crippen LogP) is 3.59. The van der Waals surface area contributed by atoms with E-state index in [0.717, 1.165) is 53.7 Å². The van der Waals surface area contributed by atoms with Crippen molar-refractivity contribution in [3.63, 3.8) is 0 Å². The zero-order valence-corrected chi connectivity index (χ0v) is 20.4. The van der Waals surface area contributed by atoms with Crippen LogP contribution in [0.4, 0.5) is 11.8 Å². The van der Waals surface area contributed by atoms with Gasteiger partial charge in [0, 0.05) is 42.1 Å². The fourth-order valence-electron chi connectivity index (χ4n) is 5.05. The average molecular weight is 493 g/mol. The summed E-state index contributed by atoms with van der Waals surface area (Å²) in [7, 11) is 0. The molecule has 0 atom stereocenters. The van der Waals surface area contributed by atoms with Crippen molar-refractivity contribution in [1.29, 1.82) is 0 Å². The molecule has 2 fully saturated rings. The van der Waals surface area contributed by atoms with Gasteiger partial charge in [0.15, 0.2) is 11.5 Å². The van der Waals surface area contributed by atoms with E-state index in [1.54, 1.807) is 10.7 Å². The molecule has 1 saturated heterocycles. The smallest absolute Gasteiger partial charge is 0.248 e. The van der Waals surface area contributed by atoms with Gasteiger partial charge in [0.05, 0.1) is 17.4 Å². The number of rotatable bonds is 7. The molecule has 0 unspecified atom stereocenters. The fraction of sp³-hybridized carbons (Fsp3) is 0.333. The first kappa shape index (κ1) is 22.2. The summed E-state index contributed by atoms with van der Waals surface area (Å²) in [6, 6.07) is 10.1. The maximum atomic E-state index is 5.10. The van der Waals surface area contributed by atoms with E-state index in [9.17, 15) is 0 Å². The van der Waals surface area contributed by atoms with Gasteiger partial charge in [-0.15, -0.1) is 5.10 Å². The molecule has 1 aliphatic heterocycles. The van der Waals surface area contributed by atoms with Crippen molar-refractivity contribution in [3.8, 4) is 11.4 Å². The van der Waals surface area contributed by atoms with E-state index in [1.165, 1.54) is 18.4 Å². The van der Waals surface area contributed by atoms with E-state index in [-0.39, 0.29) is 0 Å². The Morgan fingerprint density at radius 3 is 2.78 bits per heavy atom. The van der Waals surface area contributed by atoms with Crippen LogP contribution < -0.4 is 16.0 Å². The van der Waals surface area contributed by atoms with Gasteiger partial charge in [0.1, 0.15) is 5.82 Å².